The SMILES string of the molecule is CC(C)P(c1cc(O)c(P(C(C)C)C(C)C)cc1O)C(C)C. The summed E-state index contributed by atoms with van der Waals surface area (Å²) in [7, 11) is -0.952. The summed E-state index contributed by atoms with van der Waals surface area (Å²) in [6, 6.07) is 3.69. The van der Waals surface area contributed by atoms with E-state index in [0.717, 1.165) is 10.6 Å². The zero-order valence-corrected chi connectivity index (χ0v) is 17.0. The van der Waals surface area contributed by atoms with E-state index in [1.54, 1.807) is 0 Å². The molecule has 0 amide bonds. The van der Waals surface area contributed by atoms with Crippen LogP contribution in [0.15, 0.2) is 12.1 Å². The van der Waals surface area contributed by atoms with Gasteiger partial charge in [-0.3, -0.25) is 0 Å². The number of hydrogen-bond acceptors (Lipinski definition) is 2. The van der Waals surface area contributed by atoms with Gasteiger partial charge in [-0.05, 0) is 34.8 Å². The zero-order chi connectivity index (χ0) is 17.2. The molecule has 0 fully saturated rings. The first-order chi connectivity index (χ1) is 10.1. The van der Waals surface area contributed by atoms with Crippen molar-refractivity contribution in [3.05, 3.63) is 12.1 Å². The molecule has 2 N–H and O–H groups in total. The fourth-order valence-electron chi connectivity index (χ4n) is 3.27. The molecular weight excluding hydrogens is 310 g/mol. The number of phenols is 2. The van der Waals surface area contributed by atoms with Crippen LogP contribution >= 0.6 is 15.8 Å². The van der Waals surface area contributed by atoms with Crippen molar-refractivity contribution in [3.63, 3.8) is 0 Å². The Morgan fingerprint density at radius 2 is 0.818 bits per heavy atom. The summed E-state index contributed by atoms with van der Waals surface area (Å²) in [5.41, 5.74) is 1.96. The lowest BCUT2D eigenvalue weighted by Gasteiger charge is -2.30. The Hall–Kier alpha value is -0.320. The van der Waals surface area contributed by atoms with Crippen LogP contribution in [0.25, 0.3) is 0 Å². The summed E-state index contributed by atoms with van der Waals surface area (Å²) < 4.78 is 0. The van der Waals surface area contributed by atoms with Crippen LogP contribution < -0.4 is 10.6 Å². The van der Waals surface area contributed by atoms with Gasteiger partial charge >= 0.3 is 0 Å². The summed E-state index contributed by atoms with van der Waals surface area (Å²) in [6.07, 6.45) is 0. The highest BCUT2D eigenvalue weighted by Gasteiger charge is 2.27. The maximum atomic E-state index is 10.6. The van der Waals surface area contributed by atoms with Crippen LogP contribution in [0, 0.1) is 0 Å². The topological polar surface area (TPSA) is 40.5 Å². The molecule has 1 rings (SSSR count). The molecule has 0 spiro atoms. The van der Waals surface area contributed by atoms with Gasteiger partial charge in [0, 0.05) is 10.6 Å². The van der Waals surface area contributed by atoms with Crippen molar-refractivity contribution in [2.75, 3.05) is 0 Å². The van der Waals surface area contributed by atoms with E-state index in [0.29, 0.717) is 34.1 Å². The van der Waals surface area contributed by atoms with Crippen LogP contribution in [0.1, 0.15) is 55.4 Å². The van der Waals surface area contributed by atoms with Crippen molar-refractivity contribution < 1.29 is 10.2 Å². The van der Waals surface area contributed by atoms with E-state index in [-0.39, 0.29) is 0 Å². The fourth-order valence-corrected chi connectivity index (χ4v) is 9.09. The van der Waals surface area contributed by atoms with E-state index < -0.39 is 15.8 Å². The Morgan fingerprint density at radius 3 is 1.00 bits per heavy atom. The number of aromatic hydroxyl groups is 2. The van der Waals surface area contributed by atoms with Gasteiger partial charge in [0.15, 0.2) is 0 Å². The van der Waals surface area contributed by atoms with E-state index >= 15 is 0 Å². The summed E-state index contributed by atoms with van der Waals surface area (Å²) in [4.78, 5) is 0. The monoisotopic (exact) mass is 342 g/mol. The van der Waals surface area contributed by atoms with Gasteiger partial charge in [0.2, 0.25) is 0 Å². The third kappa shape index (κ3) is 4.36. The molecule has 0 aliphatic carbocycles. The molecule has 22 heavy (non-hydrogen) atoms. The third-order valence-corrected chi connectivity index (χ3v) is 10.1. The van der Waals surface area contributed by atoms with Crippen LogP contribution in [0.5, 0.6) is 11.5 Å². The molecule has 0 saturated heterocycles. The Balaban J connectivity index is 3.38. The van der Waals surface area contributed by atoms with Gasteiger partial charge in [-0.2, -0.15) is 0 Å². The lowest BCUT2D eigenvalue weighted by Crippen LogP contribution is -2.20. The van der Waals surface area contributed by atoms with Gasteiger partial charge < -0.3 is 10.2 Å². The second kappa shape index (κ2) is 7.98. The quantitative estimate of drug-likeness (QED) is 0.567. The van der Waals surface area contributed by atoms with E-state index in [1.807, 2.05) is 12.1 Å². The van der Waals surface area contributed by atoms with E-state index in [1.165, 1.54) is 0 Å². The third-order valence-electron chi connectivity index (χ3n) is 3.85. The minimum absolute atomic E-state index is 0.370. The van der Waals surface area contributed by atoms with E-state index in [9.17, 15) is 10.2 Å². The molecule has 2 nitrogen and oxygen atoms in total. The Bertz CT molecular complexity index is 434. The van der Waals surface area contributed by atoms with Crippen molar-refractivity contribution in [3.8, 4) is 11.5 Å². The number of hydrogen-bond donors (Lipinski definition) is 2. The maximum absolute atomic E-state index is 10.6. The lowest BCUT2D eigenvalue weighted by molar-refractivity contribution is 0.467. The molecule has 0 aliphatic rings. The molecule has 0 aromatic heterocycles. The second-order valence-corrected chi connectivity index (χ2v) is 13.7. The first-order valence-corrected chi connectivity index (χ1v) is 11.2. The average molecular weight is 342 g/mol. The van der Waals surface area contributed by atoms with Gasteiger partial charge in [0.1, 0.15) is 11.5 Å². The number of rotatable bonds is 6. The van der Waals surface area contributed by atoms with Gasteiger partial charge in [0.25, 0.3) is 0 Å². The van der Waals surface area contributed by atoms with E-state index in [4.69, 9.17) is 0 Å². The summed E-state index contributed by atoms with van der Waals surface area (Å²) in [6.45, 7) is 17.6. The van der Waals surface area contributed by atoms with Crippen molar-refractivity contribution >= 4 is 26.5 Å². The van der Waals surface area contributed by atoms with Crippen molar-refractivity contribution in [2.45, 2.75) is 78.0 Å². The Kier molecular flexibility index (Phi) is 7.16. The van der Waals surface area contributed by atoms with Gasteiger partial charge in [-0.15, -0.1) is 0 Å². The van der Waals surface area contributed by atoms with Gasteiger partial charge in [-0.25, -0.2) is 0 Å². The molecule has 0 heterocycles. The normalized spacial score (nSPS) is 12.6. The van der Waals surface area contributed by atoms with Gasteiger partial charge in [0.05, 0.1) is 0 Å². The Labute approximate surface area is 138 Å². The first kappa shape index (κ1) is 19.7. The molecule has 0 unspecified atom stereocenters. The summed E-state index contributed by atoms with van der Waals surface area (Å²) in [5, 5.41) is 23.1. The van der Waals surface area contributed by atoms with E-state index in [2.05, 4.69) is 55.4 Å². The molecule has 1 aromatic rings. The van der Waals surface area contributed by atoms with Gasteiger partial charge in [-0.1, -0.05) is 71.2 Å². The minimum atomic E-state index is -0.476. The molecule has 4 heteroatoms. The molecule has 1 aromatic carbocycles. The second-order valence-electron chi connectivity index (χ2n) is 7.02. The number of benzene rings is 1. The van der Waals surface area contributed by atoms with Crippen LogP contribution in [-0.4, -0.2) is 32.8 Å². The predicted molar refractivity (Wildman–Crippen MR) is 103 cm³/mol. The minimum Gasteiger partial charge on any atom is -0.507 e. The molecule has 126 valence electrons. The highest BCUT2D eigenvalue weighted by Crippen LogP contribution is 2.51. The van der Waals surface area contributed by atoms with Crippen molar-refractivity contribution in [1.29, 1.82) is 0 Å². The largest absolute Gasteiger partial charge is 0.507 e. The first-order valence-electron chi connectivity index (χ1n) is 8.20. The molecule has 0 radical (unpaired) electrons. The van der Waals surface area contributed by atoms with Crippen molar-refractivity contribution in [2.24, 2.45) is 0 Å². The standard InChI is InChI=1S/C18H32O2P2/c1-11(2)21(12(3)4)17-9-16(20)18(10-15(17)19)22(13(5)6)14(7)8/h9-14,19-20H,1-8H3. The highest BCUT2D eigenvalue weighted by atomic mass is 31.1. The van der Waals surface area contributed by atoms with Crippen LogP contribution in [0.4, 0.5) is 0 Å². The fraction of sp³-hybridized carbons (Fsp3) is 0.667. The van der Waals surface area contributed by atoms with Crippen molar-refractivity contribution in [1.82, 2.24) is 0 Å². The van der Waals surface area contributed by atoms with Crippen LogP contribution in [-0.2, 0) is 0 Å². The summed E-state index contributed by atoms with van der Waals surface area (Å²) >= 11 is 0. The van der Waals surface area contributed by atoms with Crippen LogP contribution in [0.3, 0.4) is 0 Å². The number of phenolic OH excluding ortho intramolecular Hbond substituents is 2. The highest BCUT2D eigenvalue weighted by molar-refractivity contribution is 7.68. The smallest absolute Gasteiger partial charge is 0.124 e. The lowest BCUT2D eigenvalue weighted by atomic mass is 10.3. The molecular formula is C18H32O2P2. The Morgan fingerprint density at radius 1 is 0.591 bits per heavy atom. The molecule has 0 saturated carbocycles. The molecule has 0 bridgehead atoms. The summed E-state index contributed by atoms with van der Waals surface area (Å²) in [5.74, 6) is 0.741. The van der Waals surface area contributed by atoms with Crippen LogP contribution in [0.2, 0.25) is 0 Å². The predicted octanol–water partition coefficient (Wildman–Crippen LogP) is 4.95. The molecule has 0 aliphatic heterocycles. The zero-order valence-electron chi connectivity index (χ0n) is 15.3. The average Bonchev–Trinajstić information content (AvgIpc) is 2.33. The maximum Gasteiger partial charge on any atom is 0.124 e. The molecule has 0 atom stereocenters.